The predicted octanol–water partition coefficient (Wildman–Crippen LogP) is 14.0. The van der Waals surface area contributed by atoms with E-state index in [9.17, 15) is 29.8 Å². The Kier molecular flexibility index (Phi) is 33.1. The summed E-state index contributed by atoms with van der Waals surface area (Å²) >= 11 is 18.9. The molecule has 0 spiro atoms. The van der Waals surface area contributed by atoms with E-state index in [0.717, 1.165) is 116 Å². The van der Waals surface area contributed by atoms with Crippen LogP contribution in [-0.4, -0.2) is 125 Å². The number of ether oxygens (including phenoxy) is 4. The van der Waals surface area contributed by atoms with Crippen molar-refractivity contribution in [2.75, 3.05) is 73.6 Å². The Balaban J connectivity index is 0.000000278. The number of aromatic hydroxyl groups is 3. The summed E-state index contributed by atoms with van der Waals surface area (Å²) in [5.41, 5.74) is 14.0. The van der Waals surface area contributed by atoms with Gasteiger partial charge in [-0.1, -0.05) is 97.8 Å². The van der Waals surface area contributed by atoms with E-state index in [2.05, 4.69) is 153 Å². The van der Waals surface area contributed by atoms with Crippen molar-refractivity contribution in [1.82, 2.24) is 0 Å². The van der Waals surface area contributed by atoms with E-state index in [1.54, 1.807) is 44.2 Å². The van der Waals surface area contributed by atoms with Crippen LogP contribution in [0.3, 0.4) is 0 Å². The zero-order chi connectivity index (χ0) is 68.7. The van der Waals surface area contributed by atoms with Crippen LogP contribution in [0.2, 0.25) is 0 Å². The molecule has 22 nitrogen and oxygen atoms in total. The molecule has 492 valence electrons. The number of phenols is 3. The zero-order valence-corrected chi connectivity index (χ0v) is 61.5. The molecule has 6 aromatic rings. The van der Waals surface area contributed by atoms with Crippen molar-refractivity contribution in [3.8, 4) is 34.5 Å². The largest absolute Gasteiger partial charge is 0.506 e. The summed E-state index contributed by atoms with van der Waals surface area (Å²) in [6.45, 7) is 23.5. The van der Waals surface area contributed by atoms with E-state index in [-0.39, 0.29) is 70.2 Å². The molecule has 30 heteroatoms. The Morgan fingerprint density at radius 3 is 1.52 bits per heavy atom. The summed E-state index contributed by atoms with van der Waals surface area (Å²) in [5.74, 6) is 2.06. The first-order chi connectivity index (χ1) is 42.7. The van der Waals surface area contributed by atoms with Crippen molar-refractivity contribution >= 4 is 161 Å². The number of nitro benzene ring substituents is 2. The molecule has 11 rings (SSSR count). The molecule has 9 N–H and O–H groups in total. The predicted molar refractivity (Wildman–Crippen MR) is 379 cm³/mol. The lowest BCUT2D eigenvalue weighted by Crippen LogP contribution is -2.41. The third kappa shape index (κ3) is 23.4. The van der Waals surface area contributed by atoms with Crippen LogP contribution in [0.5, 0.6) is 34.5 Å². The molecule has 2 fully saturated rings. The van der Waals surface area contributed by atoms with Crippen LogP contribution >= 0.6 is 95.6 Å². The molecular weight excluding hydrogens is 1570 g/mol. The maximum Gasteiger partial charge on any atom is 0.495 e. The molecule has 1 atom stereocenters. The molecule has 6 aromatic carbocycles. The fourth-order valence-corrected chi connectivity index (χ4v) is 9.59. The van der Waals surface area contributed by atoms with E-state index < -0.39 is 9.85 Å². The third-order valence-corrected chi connectivity index (χ3v) is 19.0. The number of hydrogen-bond acceptors (Lipinski definition) is 19. The number of alkyl halides is 1. The van der Waals surface area contributed by atoms with Gasteiger partial charge in [-0.05, 0) is 186 Å². The van der Waals surface area contributed by atoms with Gasteiger partial charge < -0.3 is 70.4 Å². The molecule has 0 bridgehead atoms. The summed E-state index contributed by atoms with van der Waals surface area (Å²) in [6, 6.07) is 22.5. The molecule has 1 amide bonds. The number of amides is 1. The minimum atomic E-state index is -0.602. The number of aryl methyl sites for hydroxylation is 1. The number of nitro groups is 2. The van der Waals surface area contributed by atoms with Gasteiger partial charge in [0, 0.05) is 61.8 Å². The molecule has 0 aromatic heterocycles. The Morgan fingerprint density at radius 2 is 1.09 bits per heavy atom. The number of hydrogen-bond donors (Lipinski definition) is 8. The maximum atomic E-state index is 11.0. The Morgan fingerprint density at radius 1 is 0.648 bits per heavy atom. The second-order valence-electron chi connectivity index (χ2n) is 20.9. The molecule has 5 heterocycles. The number of carbonyl (C=O) groups is 2. The Hall–Kier alpha value is -5.69. The van der Waals surface area contributed by atoms with Crippen molar-refractivity contribution in [2.45, 2.75) is 99.3 Å². The number of nitrogens with two attached hydrogens (primary N) is 1. The molecule has 5 aliphatic heterocycles. The van der Waals surface area contributed by atoms with Gasteiger partial charge in [-0.15, -0.1) is 0 Å². The number of halogens is 6. The average Bonchev–Trinajstić information content (AvgIpc) is 1.66. The van der Waals surface area contributed by atoms with E-state index in [1.807, 2.05) is 50.2 Å². The number of carbonyl (C=O) groups excluding carboxylic acids is 2. The standard InChI is InChI=1S/C15H22BNO3.C9H8BrNO2.C9H10BrNO.C7H6BrNO3.C7H8BrNO.C7H7NO3.C4H7BO.C2H2Br2O.CH4O/c1-10-11(6-7-12-13(10)17-8-9-18-12)16-19-14(2,3)15(4,5)20-16;1-5-6(10)2-3-7-9(5)11-8(12)4-13-7;1-6-7(10)2-3-8-9(6)11-4-5-12-8;1-4-5(8)2-3-6(10)7(4)9(11)12;1-4-5(8)2-3-6(10)7(4)9;1-5-3-2-4-6(9)7(5)8(10)11;5-4-2-1-3-6-4;3-1-2(4)5;1-2/h6-7,17H,8-9H2,1-5H3;2-3H,4H2,1H3,(H,11,12);2-3,11H,4-5H2,1H3;2-3,10H,1H3;2-3,10H,9H2,1H3;2-4,9H,1H3;4H,1-3H2;1H2;2H,1H3. The summed E-state index contributed by atoms with van der Waals surface area (Å²) in [7, 11) is 5.99. The van der Waals surface area contributed by atoms with Gasteiger partial charge in [0.2, 0.25) is 4.69 Å². The first-order valence-electron chi connectivity index (χ1n) is 27.8. The quantitative estimate of drug-likeness (QED) is 0.0155. The second kappa shape index (κ2) is 37.9. The lowest BCUT2D eigenvalue weighted by molar-refractivity contribution is -0.386. The van der Waals surface area contributed by atoms with Crippen LogP contribution in [-0.2, 0) is 23.6 Å². The number of nitrogens with zero attached hydrogens (tertiary/aromatic N) is 2. The second-order valence-corrected chi connectivity index (χ2v) is 25.7. The summed E-state index contributed by atoms with van der Waals surface area (Å²) < 4.78 is 37.2. The van der Waals surface area contributed by atoms with Gasteiger partial charge in [-0.3, -0.25) is 29.8 Å². The fourth-order valence-electron chi connectivity index (χ4n) is 8.26. The van der Waals surface area contributed by atoms with E-state index >= 15 is 0 Å². The van der Waals surface area contributed by atoms with E-state index in [0.29, 0.717) is 33.2 Å². The van der Waals surface area contributed by atoms with Crippen molar-refractivity contribution < 1.29 is 68.1 Å². The van der Waals surface area contributed by atoms with E-state index in [1.165, 1.54) is 17.7 Å². The Bertz CT molecular complexity index is 3410. The van der Waals surface area contributed by atoms with Gasteiger partial charge in [-0.25, -0.2) is 0 Å². The number of phenolic OH excluding ortho intramolecular Hbond substituents is 3. The molecule has 0 aliphatic carbocycles. The van der Waals surface area contributed by atoms with Gasteiger partial charge in [0.15, 0.2) is 18.1 Å². The van der Waals surface area contributed by atoms with Gasteiger partial charge in [0.1, 0.15) is 44.1 Å². The highest BCUT2D eigenvalue weighted by Gasteiger charge is 2.52. The molecule has 2 saturated heterocycles. The molecule has 0 saturated carbocycles. The van der Waals surface area contributed by atoms with Crippen molar-refractivity contribution in [3.05, 3.63) is 150 Å². The van der Waals surface area contributed by atoms with Crippen LogP contribution in [0.4, 0.5) is 34.1 Å². The van der Waals surface area contributed by atoms with Crippen LogP contribution < -0.4 is 41.4 Å². The van der Waals surface area contributed by atoms with E-state index in [4.69, 9.17) is 62.3 Å². The van der Waals surface area contributed by atoms with Crippen LogP contribution in [0.15, 0.2) is 96.8 Å². The Labute approximate surface area is 582 Å². The smallest absolute Gasteiger partial charge is 0.495 e. The molecule has 5 aliphatic rings. The number of para-hydroxylation sites is 1. The number of aliphatic hydroxyl groups excluding tert-OH is 1. The summed E-state index contributed by atoms with van der Waals surface area (Å²) in [6.07, 6.45) is 2.18. The zero-order valence-electron chi connectivity index (χ0n) is 52.0. The summed E-state index contributed by atoms with van der Waals surface area (Å²) in [4.78, 5) is 40.2. The number of nitrogen functional groups attached to an aromatic ring is 1. The molecule has 2 radical (unpaired) electrons. The van der Waals surface area contributed by atoms with Crippen LogP contribution in [0.25, 0.3) is 0 Å². The van der Waals surface area contributed by atoms with Crippen molar-refractivity contribution in [1.29, 1.82) is 0 Å². The van der Waals surface area contributed by atoms with Crippen LogP contribution in [0, 0.1) is 61.8 Å². The lowest BCUT2D eigenvalue weighted by atomic mass is 9.75. The van der Waals surface area contributed by atoms with Crippen molar-refractivity contribution in [2.24, 2.45) is 0 Å². The van der Waals surface area contributed by atoms with Gasteiger partial charge in [0.25, 0.3) is 5.91 Å². The number of fused-ring (bicyclic) bond motifs is 3. The monoisotopic (exact) mass is 1640 g/mol. The van der Waals surface area contributed by atoms with Gasteiger partial charge in [0.05, 0.1) is 49.1 Å². The first kappa shape index (κ1) is 79.5. The minimum absolute atomic E-state index is 0.0162. The SMILES string of the molecule is CO.Cc1c(B2OC(C)(C)C(C)(C)O2)ccc2c1NCCO2.Cc1c(Br)ccc(O)c1N.Cc1c(Br)ccc(O)c1[N+](=O)[O-].Cc1c(Br)ccc2c1NC(=O)CO2.Cc1c(Br)ccc2c1NCCO2.Cc1cccc(O)c1[N+](=O)[O-].O=C(Br)CBr.[B]C1CCCO1. The molecule has 1 unspecified atom stereocenters. The lowest BCUT2D eigenvalue weighted by Gasteiger charge is -2.32. The highest BCUT2D eigenvalue weighted by atomic mass is 79.9. The molecular formula is C61H74B2Br6N6O16. The number of benzene rings is 6. The van der Waals surface area contributed by atoms with Gasteiger partial charge >= 0.3 is 18.5 Å². The minimum Gasteiger partial charge on any atom is -0.506 e. The fraction of sp³-hybridized carbons (Fsp3) is 0.377. The molecule has 91 heavy (non-hydrogen) atoms. The third-order valence-electron chi connectivity index (χ3n) is 14.1. The normalized spacial score (nSPS) is 15.3. The number of nitrogens with one attached hydrogen (secondary N) is 3. The van der Waals surface area contributed by atoms with Crippen LogP contribution in [0.1, 0.15) is 73.9 Å². The highest BCUT2D eigenvalue weighted by molar-refractivity contribution is 9.19. The average molecular weight is 1650 g/mol. The number of anilines is 4. The number of aliphatic hydroxyl groups is 1. The van der Waals surface area contributed by atoms with Gasteiger partial charge in [-0.2, -0.15) is 0 Å². The summed E-state index contributed by atoms with van der Waals surface area (Å²) in [5, 5.41) is 64.8. The van der Waals surface area contributed by atoms with Crippen molar-refractivity contribution in [3.63, 3.8) is 0 Å². The topological polar surface area (TPSA) is 319 Å². The maximum absolute atomic E-state index is 11.0. The number of rotatable bonds is 4. The first-order valence-corrected chi connectivity index (χ1v) is 32.9. The highest BCUT2D eigenvalue weighted by Crippen LogP contribution is 2.40.